The van der Waals surface area contributed by atoms with Crippen LogP contribution in [0.15, 0.2) is 4.99 Å². The second kappa shape index (κ2) is 2.51. The Labute approximate surface area is 53.6 Å². The van der Waals surface area contributed by atoms with Gasteiger partial charge in [-0.15, -0.1) is 11.8 Å². The summed E-state index contributed by atoms with van der Waals surface area (Å²) in [4.78, 5) is 4.13. The zero-order valence-electron chi connectivity index (χ0n) is 4.63. The third-order valence-corrected chi connectivity index (χ3v) is 2.04. The fourth-order valence-corrected chi connectivity index (χ4v) is 1.36. The van der Waals surface area contributed by atoms with Crippen LogP contribution in [-0.2, 0) is 0 Å². The quantitative estimate of drug-likeness (QED) is 0.552. The first-order valence-electron chi connectivity index (χ1n) is 2.56. The van der Waals surface area contributed by atoms with E-state index in [4.69, 9.17) is 5.73 Å². The highest BCUT2D eigenvalue weighted by molar-refractivity contribution is 8.14. The van der Waals surface area contributed by atoms with Crippen molar-refractivity contribution in [1.29, 1.82) is 0 Å². The normalized spacial score (nSPS) is 23.0. The second-order valence-electron chi connectivity index (χ2n) is 1.67. The smallest absolute Gasteiger partial charge is 0.0844 e. The lowest BCUT2D eigenvalue weighted by Crippen LogP contribution is -2.23. The summed E-state index contributed by atoms with van der Waals surface area (Å²) in [6, 6.07) is -0.0949. The molecule has 0 fully saturated rings. The fraction of sp³-hybridized carbons (Fsp3) is 0.600. The molecule has 0 amide bonds. The van der Waals surface area contributed by atoms with Crippen molar-refractivity contribution in [2.75, 3.05) is 12.3 Å². The summed E-state index contributed by atoms with van der Waals surface area (Å²) in [5, 5.41) is 1.00. The molecule has 1 unspecified atom stereocenters. The molecule has 1 radical (unpaired) electrons. The average molecular weight is 129 g/mol. The molecule has 0 saturated heterocycles. The van der Waals surface area contributed by atoms with E-state index in [1.54, 1.807) is 11.8 Å². The van der Waals surface area contributed by atoms with Crippen LogP contribution in [-0.4, -0.2) is 23.4 Å². The standard InChI is InChI=1S/C5H9N2S/c1-4(6)5-7-2-3-8-5/h4H,1-3,6H2. The molecule has 1 rings (SSSR count). The second-order valence-corrected chi connectivity index (χ2v) is 2.79. The van der Waals surface area contributed by atoms with Crippen molar-refractivity contribution in [3.8, 4) is 0 Å². The third-order valence-electron chi connectivity index (χ3n) is 0.926. The Morgan fingerprint density at radius 2 is 2.62 bits per heavy atom. The van der Waals surface area contributed by atoms with Crippen LogP contribution in [0.2, 0.25) is 0 Å². The number of thioether (sulfide) groups is 1. The molecule has 2 N–H and O–H groups in total. The van der Waals surface area contributed by atoms with Gasteiger partial charge in [-0.05, 0) is 6.92 Å². The first-order valence-corrected chi connectivity index (χ1v) is 3.55. The molecule has 1 aliphatic heterocycles. The van der Waals surface area contributed by atoms with E-state index in [1.807, 2.05) is 0 Å². The molecule has 1 atom stereocenters. The minimum Gasteiger partial charge on any atom is -0.322 e. The van der Waals surface area contributed by atoms with Gasteiger partial charge in [0, 0.05) is 12.3 Å². The van der Waals surface area contributed by atoms with Gasteiger partial charge in [0.15, 0.2) is 0 Å². The molecular weight excluding hydrogens is 120 g/mol. The molecule has 1 aliphatic rings. The maximum atomic E-state index is 5.43. The number of nitrogens with zero attached hydrogens (tertiary/aromatic N) is 1. The highest BCUT2D eigenvalue weighted by Gasteiger charge is 2.09. The molecule has 2 nitrogen and oxygen atoms in total. The zero-order chi connectivity index (χ0) is 5.98. The van der Waals surface area contributed by atoms with Crippen LogP contribution in [0.3, 0.4) is 0 Å². The predicted octanol–water partition coefficient (Wildman–Crippen LogP) is 0.293. The largest absolute Gasteiger partial charge is 0.322 e. The topological polar surface area (TPSA) is 38.4 Å². The first kappa shape index (κ1) is 6.11. The van der Waals surface area contributed by atoms with Gasteiger partial charge >= 0.3 is 0 Å². The highest BCUT2D eigenvalue weighted by atomic mass is 32.2. The average Bonchev–Trinajstić information content (AvgIpc) is 2.12. The van der Waals surface area contributed by atoms with Crippen LogP contribution < -0.4 is 5.73 Å². The summed E-state index contributed by atoms with van der Waals surface area (Å²) in [7, 11) is 0. The summed E-state index contributed by atoms with van der Waals surface area (Å²) in [5.74, 6) is 1.08. The van der Waals surface area contributed by atoms with E-state index in [9.17, 15) is 0 Å². The molecule has 0 spiro atoms. The molecule has 0 aliphatic carbocycles. The molecular formula is C5H9N2S. The van der Waals surface area contributed by atoms with Crippen LogP contribution in [0, 0.1) is 6.92 Å². The van der Waals surface area contributed by atoms with Crippen molar-refractivity contribution in [3.63, 3.8) is 0 Å². The third kappa shape index (κ3) is 1.23. The van der Waals surface area contributed by atoms with Crippen molar-refractivity contribution >= 4 is 16.8 Å². The van der Waals surface area contributed by atoms with Crippen LogP contribution >= 0.6 is 11.8 Å². The van der Waals surface area contributed by atoms with Gasteiger partial charge in [0.1, 0.15) is 0 Å². The number of rotatable bonds is 1. The number of hydrogen-bond acceptors (Lipinski definition) is 3. The van der Waals surface area contributed by atoms with Gasteiger partial charge in [-0.1, -0.05) is 0 Å². The van der Waals surface area contributed by atoms with Gasteiger partial charge in [-0.3, -0.25) is 4.99 Å². The summed E-state index contributed by atoms with van der Waals surface area (Å²) in [6.07, 6.45) is 0. The van der Waals surface area contributed by atoms with Gasteiger partial charge in [-0.2, -0.15) is 0 Å². The van der Waals surface area contributed by atoms with Crippen LogP contribution in [0.4, 0.5) is 0 Å². The lowest BCUT2D eigenvalue weighted by molar-refractivity contribution is 1.07. The van der Waals surface area contributed by atoms with E-state index in [-0.39, 0.29) is 6.04 Å². The number of aliphatic imine (C=N–C) groups is 1. The van der Waals surface area contributed by atoms with Crippen molar-refractivity contribution in [2.45, 2.75) is 6.04 Å². The lowest BCUT2D eigenvalue weighted by atomic mass is 10.4. The number of hydrogen-bond donors (Lipinski definition) is 1. The van der Waals surface area contributed by atoms with E-state index in [2.05, 4.69) is 11.9 Å². The summed E-state index contributed by atoms with van der Waals surface area (Å²) >= 11 is 1.71. The maximum Gasteiger partial charge on any atom is 0.0844 e. The minimum absolute atomic E-state index is 0.0949. The van der Waals surface area contributed by atoms with Gasteiger partial charge in [0.2, 0.25) is 0 Å². The molecule has 0 saturated carbocycles. The van der Waals surface area contributed by atoms with E-state index < -0.39 is 0 Å². The van der Waals surface area contributed by atoms with Crippen LogP contribution in [0.25, 0.3) is 0 Å². The maximum absolute atomic E-state index is 5.43. The van der Waals surface area contributed by atoms with Crippen molar-refractivity contribution in [2.24, 2.45) is 10.7 Å². The van der Waals surface area contributed by atoms with Gasteiger partial charge in [-0.25, -0.2) is 0 Å². The Bertz CT molecular complexity index is 109. The Morgan fingerprint density at radius 3 is 2.88 bits per heavy atom. The van der Waals surface area contributed by atoms with E-state index in [1.165, 1.54) is 0 Å². The molecule has 3 heteroatoms. The van der Waals surface area contributed by atoms with E-state index >= 15 is 0 Å². The summed E-state index contributed by atoms with van der Waals surface area (Å²) in [5.41, 5.74) is 5.43. The van der Waals surface area contributed by atoms with Gasteiger partial charge in [0.25, 0.3) is 0 Å². The Balaban J connectivity index is 2.45. The van der Waals surface area contributed by atoms with Crippen molar-refractivity contribution < 1.29 is 0 Å². The molecule has 8 heavy (non-hydrogen) atoms. The molecule has 0 aromatic rings. The first-order chi connectivity index (χ1) is 3.80. The molecule has 0 aromatic heterocycles. The van der Waals surface area contributed by atoms with Crippen molar-refractivity contribution in [1.82, 2.24) is 0 Å². The van der Waals surface area contributed by atoms with Gasteiger partial charge < -0.3 is 5.73 Å². The summed E-state index contributed by atoms with van der Waals surface area (Å²) < 4.78 is 0. The SMILES string of the molecule is [CH2]C(N)C1=NCCS1. The Morgan fingerprint density at radius 1 is 1.88 bits per heavy atom. The fourth-order valence-electron chi connectivity index (χ4n) is 0.576. The van der Waals surface area contributed by atoms with Crippen LogP contribution in [0.5, 0.6) is 0 Å². The predicted molar refractivity (Wildman–Crippen MR) is 38.1 cm³/mol. The lowest BCUT2D eigenvalue weighted by Gasteiger charge is -1.99. The summed E-state index contributed by atoms with van der Waals surface area (Å²) in [6.45, 7) is 4.57. The van der Waals surface area contributed by atoms with Crippen LogP contribution in [0.1, 0.15) is 0 Å². The zero-order valence-corrected chi connectivity index (χ0v) is 5.45. The minimum atomic E-state index is -0.0949. The van der Waals surface area contributed by atoms with Crippen molar-refractivity contribution in [3.05, 3.63) is 6.92 Å². The van der Waals surface area contributed by atoms with E-state index in [0.717, 1.165) is 17.3 Å². The van der Waals surface area contributed by atoms with E-state index in [0.29, 0.717) is 0 Å². The Kier molecular flexibility index (Phi) is 1.91. The molecule has 45 valence electrons. The molecule has 0 bridgehead atoms. The molecule has 0 aromatic carbocycles. The highest BCUT2D eigenvalue weighted by Crippen LogP contribution is 2.12. The monoisotopic (exact) mass is 129 g/mol. The Hall–Kier alpha value is -0.0200. The number of nitrogens with two attached hydrogens (primary N) is 1. The molecule has 1 heterocycles. The van der Waals surface area contributed by atoms with Gasteiger partial charge in [0.05, 0.1) is 11.1 Å².